The zero-order valence-electron chi connectivity index (χ0n) is 12.3. The summed E-state index contributed by atoms with van der Waals surface area (Å²) >= 11 is 0. The summed E-state index contributed by atoms with van der Waals surface area (Å²) in [4.78, 5) is 0. The van der Waals surface area contributed by atoms with Gasteiger partial charge in [-0.3, -0.25) is 0 Å². The van der Waals surface area contributed by atoms with Crippen molar-refractivity contribution in [2.45, 2.75) is 31.6 Å². The second-order valence-corrected chi connectivity index (χ2v) is 5.89. The molecule has 0 nitrogen and oxygen atoms in total. The van der Waals surface area contributed by atoms with Gasteiger partial charge in [0.05, 0.1) is 0 Å². The highest BCUT2D eigenvalue weighted by atomic mass is 28.1. The summed E-state index contributed by atoms with van der Waals surface area (Å²) in [6.45, 7) is 0. The second-order valence-electron chi connectivity index (χ2n) is 5.23. The molecule has 0 aromatic heterocycles. The molecule has 0 aliphatic carbocycles. The summed E-state index contributed by atoms with van der Waals surface area (Å²) in [5, 5.41) is 0. The van der Waals surface area contributed by atoms with Crippen LogP contribution in [0.15, 0.2) is 72.4 Å². The van der Waals surface area contributed by atoms with E-state index in [4.69, 9.17) is 0 Å². The Bertz CT molecular complexity index is 462. The maximum Gasteiger partial charge on any atom is 0.0287 e. The number of hydrogen-bond acceptors (Lipinski definition) is 0. The van der Waals surface area contributed by atoms with Gasteiger partial charge in [0.2, 0.25) is 0 Å². The van der Waals surface area contributed by atoms with E-state index in [0.717, 1.165) is 0 Å². The molecule has 1 heteroatoms. The zero-order chi connectivity index (χ0) is 14.0. The lowest BCUT2D eigenvalue weighted by atomic mass is 9.87. The molecule has 0 amide bonds. The minimum atomic E-state index is 0.539. The van der Waals surface area contributed by atoms with Crippen molar-refractivity contribution >= 4 is 10.2 Å². The van der Waals surface area contributed by atoms with Crippen molar-refractivity contribution in [1.29, 1.82) is 0 Å². The van der Waals surface area contributed by atoms with Crippen LogP contribution in [0.25, 0.3) is 0 Å². The van der Waals surface area contributed by atoms with Gasteiger partial charge in [0.1, 0.15) is 0 Å². The van der Waals surface area contributed by atoms with Crippen LogP contribution in [0.2, 0.25) is 0 Å². The van der Waals surface area contributed by atoms with Gasteiger partial charge in [-0.15, -0.1) is 5.70 Å². The molecule has 0 aliphatic heterocycles. The summed E-state index contributed by atoms with van der Waals surface area (Å²) in [5.74, 6) is 0.539. The lowest BCUT2D eigenvalue weighted by molar-refractivity contribution is 0.631. The quantitative estimate of drug-likeness (QED) is 0.525. The van der Waals surface area contributed by atoms with E-state index in [2.05, 4.69) is 72.4 Å². The molecule has 0 N–H and O–H groups in total. The third-order valence-electron chi connectivity index (χ3n) is 3.75. The molecular formula is C19H24Si. The predicted molar refractivity (Wildman–Crippen MR) is 92.3 cm³/mol. The van der Waals surface area contributed by atoms with Crippen molar-refractivity contribution in [3.8, 4) is 0 Å². The van der Waals surface area contributed by atoms with Crippen LogP contribution in [0.1, 0.15) is 42.7 Å². The summed E-state index contributed by atoms with van der Waals surface area (Å²) in [7, 11) is 1.18. The topological polar surface area (TPSA) is 0 Å². The normalized spacial score (nSPS) is 11.4. The smallest absolute Gasteiger partial charge is 0.0287 e. The highest BCUT2D eigenvalue weighted by Crippen LogP contribution is 2.29. The first-order valence-corrected chi connectivity index (χ1v) is 8.78. The van der Waals surface area contributed by atoms with Gasteiger partial charge in [0, 0.05) is 16.2 Å². The van der Waals surface area contributed by atoms with E-state index in [1.807, 2.05) is 0 Å². The van der Waals surface area contributed by atoms with Gasteiger partial charge < -0.3 is 0 Å². The summed E-state index contributed by atoms with van der Waals surface area (Å²) in [5.41, 5.74) is 5.17. The van der Waals surface area contributed by atoms with Crippen LogP contribution in [0.3, 0.4) is 0 Å². The minimum absolute atomic E-state index is 0.539. The lowest BCUT2D eigenvalue weighted by Crippen LogP contribution is -2.01. The number of unbranched alkanes of at least 4 members (excludes halogenated alkanes) is 2. The standard InChI is InChI=1S/C19H24Si/c20-16-10-2-1-9-15-19(17-11-5-3-6-12-17)18-13-7-4-8-14-18/h3-8,10-14,16,19H,1-2,9,15H2,20H3. The van der Waals surface area contributed by atoms with Gasteiger partial charge in [0.15, 0.2) is 0 Å². The highest BCUT2D eigenvalue weighted by Gasteiger charge is 2.12. The Morgan fingerprint density at radius 3 is 1.85 bits per heavy atom. The van der Waals surface area contributed by atoms with Crippen molar-refractivity contribution in [3.05, 3.63) is 83.6 Å². The summed E-state index contributed by atoms with van der Waals surface area (Å²) < 4.78 is 0. The number of benzene rings is 2. The fourth-order valence-corrected chi connectivity index (χ4v) is 3.01. The fourth-order valence-electron chi connectivity index (χ4n) is 2.67. The van der Waals surface area contributed by atoms with Crippen LogP contribution < -0.4 is 0 Å². The first-order chi connectivity index (χ1) is 9.92. The van der Waals surface area contributed by atoms with Crippen molar-refractivity contribution < 1.29 is 0 Å². The summed E-state index contributed by atoms with van der Waals surface area (Å²) in [6, 6.07) is 21.8. The van der Waals surface area contributed by atoms with E-state index in [1.165, 1.54) is 47.1 Å². The average Bonchev–Trinajstić information content (AvgIpc) is 2.53. The molecule has 2 aromatic rings. The van der Waals surface area contributed by atoms with E-state index in [1.54, 1.807) is 0 Å². The molecule has 0 radical (unpaired) electrons. The maximum absolute atomic E-state index is 2.33. The molecule has 0 aliphatic rings. The predicted octanol–water partition coefficient (Wildman–Crippen LogP) is 4.26. The number of allylic oxidation sites excluding steroid dienone is 1. The molecule has 20 heavy (non-hydrogen) atoms. The molecule has 0 saturated heterocycles. The Morgan fingerprint density at radius 1 is 0.800 bits per heavy atom. The first kappa shape index (κ1) is 14.8. The Labute approximate surface area is 126 Å². The van der Waals surface area contributed by atoms with Crippen molar-refractivity contribution in [1.82, 2.24) is 0 Å². The second kappa shape index (κ2) is 8.54. The number of rotatable bonds is 7. The minimum Gasteiger partial charge on any atom is -0.109 e. The van der Waals surface area contributed by atoms with Crippen LogP contribution >= 0.6 is 0 Å². The van der Waals surface area contributed by atoms with E-state index < -0.39 is 0 Å². The van der Waals surface area contributed by atoms with E-state index in [0.29, 0.717) is 5.92 Å². The lowest BCUT2D eigenvalue weighted by Gasteiger charge is -2.18. The first-order valence-electron chi connectivity index (χ1n) is 7.63. The Morgan fingerprint density at radius 2 is 1.35 bits per heavy atom. The molecule has 2 rings (SSSR count). The van der Waals surface area contributed by atoms with Gasteiger partial charge in [0.25, 0.3) is 0 Å². The van der Waals surface area contributed by atoms with Crippen molar-refractivity contribution in [3.63, 3.8) is 0 Å². The zero-order valence-corrected chi connectivity index (χ0v) is 14.3. The van der Waals surface area contributed by atoms with E-state index >= 15 is 0 Å². The Hall–Kier alpha value is -1.60. The molecule has 0 bridgehead atoms. The average molecular weight is 280 g/mol. The molecular weight excluding hydrogens is 256 g/mol. The Balaban J connectivity index is 2.05. The van der Waals surface area contributed by atoms with Gasteiger partial charge in [-0.2, -0.15) is 0 Å². The third kappa shape index (κ3) is 4.50. The fraction of sp³-hybridized carbons (Fsp3) is 0.263. The molecule has 0 saturated carbocycles. The molecule has 104 valence electrons. The van der Waals surface area contributed by atoms with Crippen LogP contribution in [0.5, 0.6) is 0 Å². The molecule has 0 unspecified atom stereocenters. The molecule has 0 fully saturated rings. The van der Waals surface area contributed by atoms with Crippen LogP contribution in [-0.4, -0.2) is 10.2 Å². The van der Waals surface area contributed by atoms with E-state index in [-0.39, 0.29) is 0 Å². The van der Waals surface area contributed by atoms with Crippen LogP contribution in [-0.2, 0) is 0 Å². The summed E-state index contributed by atoms with van der Waals surface area (Å²) in [6.07, 6.45) is 7.39. The largest absolute Gasteiger partial charge is 0.109 e. The van der Waals surface area contributed by atoms with Gasteiger partial charge >= 0.3 is 0 Å². The van der Waals surface area contributed by atoms with Crippen LogP contribution in [0.4, 0.5) is 0 Å². The van der Waals surface area contributed by atoms with Gasteiger partial charge in [-0.05, 0) is 30.4 Å². The molecule has 0 heterocycles. The Kier molecular flexibility index (Phi) is 6.32. The van der Waals surface area contributed by atoms with Crippen molar-refractivity contribution in [2.24, 2.45) is 0 Å². The third-order valence-corrected chi connectivity index (χ3v) is 4.22. The van der Waals surface area contributed by atoms with Gasteiger partial charge in [-0.25, -0.2) is 0 Å². The SMILES string of the molecule is [SiH3]C=CCCCCC(c1ccccc1)c1ccccc1. The maximum atomic E-state index is 2.33. The molecule has 2 aromatic carbocycles. The number of hydrogen-bond donors (Lipinski definition) is 0. The van der Waals surface area contributed by atoms with E-state index in [9.17, 15) is 0 Å². The molecule has 0 atom stereocenters. The molecule has 0 spiro atoms. The monoisotopic (exact) mass is 280 g/mol. The van der Waals surface area contributed by atoms with Crippen LogP contribution in [0, 0.1) is 0 Å². The van der Waals surface area contributed by atoms with Gasteiger partial charge in [-0.1, -0.05) is 73.2 Å². The highest BCUT2D eigenvalue weighted by molar-refractivity contribution is 6.16. The van der Waals surface area contributed by atoms with Crippen molar-refractivity contribution in [2.75, 3.05) is 0 Å².